The van der Waals surface area contributed by atoms with Gasteiger partial charge in [0.2, 0.25) is 5.91 Å². The molecule has 0 heterocycles. The molecule has 0 spiro atoms. The maximum atomic E-state index is 12.4. The van der Waals surface area contributed by atoms with Gasteiger partial charge in [-0.3, -0.25) is 4.79 Å². The van der Waals surface area contributed by atoms with E-state index in [1.165, 1.54) is 0 Å². The van der Waals surface area contributed by atoms with Crippen LogP contribution in [-0.4, -0.2) is 50.4 Å². The average molecular weight is 301 g/mol. The van der Waals surface area contributed by atoms with Crippen LogP contribution in [0.5, 0.6) is 0 Å². The van der Waals surface area contributed by atoms with Crippen LogP contribution < -0.4 is 11.1 Å². The monoisotopic (exact) mass is 301 g/mol. The third-order valence-electron chi connectivity index (χ3n) is 3.92. The minimum absolute atomic E-state index is 0.0241. The normalized spacial score (nSPS) is 18.4. The maximum Gasteiger partial charge on any atom is 0.233 e. The Labute approximate surface area is 125 Å². The van der Waals surface area contributed by atoms with E-state index in [4.69, 9.17) is 20.4 Å². The lowest BCUT2D eigenvalue weighted by molar-refractivity contribution is -0.129. The van der Waals surface area contributed by atoms with Crippen LogP contribution in [-0.2, 0) is 14.3 Å². The minimum atomic E-state index is -0.843. The summed E-state index contributed by atoms with van der Waals surface area (Å²) in [6, 6.07) is 0. The SMILES string of the molecule is COCCOCCCNC(=O)C1(C(N)=NO)CCCCC1. The van der Waals surface area contributed by atoms with Gasteiger partial charge in [-0.25, -0.2) is 0 Å². The van der Waals surface area contributed by atoms with Crippen LogP contribution in [0.15, 0.2) is 5.16 Å². The zero-order valence-corrected chi connectivity index (χ0v) is 12.8. The van der Waals surface area contributed by atoms with E-state index in [2.05, 4.69) is 10.5 Å². The third kappa shape index (κ3) is 5.17. The van der Waals surface area contributed by atoms with Crippen LogP contribution in [0.25, 0.3) is 0 Å². The van der Waals surface area contributed by atoms with Gasteiger partial charge in [-0.1, -0.05) is 24.4 Å². The number of nitrogens with two attached hydrogens (primary N) is 1. The van der Waals surface area contributed by atoms with Crippen LogP contribution in [0, 0.1) is 5.41 Å². The molecule has 1 fully saturated rings. The van der Waals surface area contributed by atoms with Crippen LogP contribution in [0.4, 0.5) is 0 Å². The Balaban J connectivity index is 2.37. The van der Waals surface area contributed by atoms with E-state index in [0.29, 0.717) is 39.2 Å². The van der Waals surface area contributed by atoms with Crippen molar-refractivity contribution in [2.75, 3.05) is 33.5 Å². The molecule has 4 N–H and O–H groups in total. The molecule has 1 aliphatic rings. The van der Waals surface area contributed by atoms with E-state index in [0.717, 1.165) is 25.7 Å². The number of carbonyl (C=O) groups excluding carboxylic acids is 1. The van der Waals surface area contributed by atoms with E-state index < -0.39 is 5.41 Å². The lowest BCUT2D eigenvalue weighted by Crippen LogP contribution is -2.51. The molecule has 7 heteroatoms. The number of oxime groups is 1. The zero-order valence-electron chi connectivity index (χ0n) is 12.8. The molecular weight excluding hydrogens is 274 g/mol. The number of hydrogen-bond acceptors (Lipinski definition) is 5. The second-order valence-electron chi connectivity index (χ2n) is 5.34. The second kappa shape index (κ2) is 9.57. The molecule has 0 bridgehead atoms. The summed E-state index contributed by atoms with van der Waals surface area (Å²) in [6.45, 7) is 2.21. The molecule has 21 heavy (non-hydrogen) atoms. The van der Waals surface area contributed by atoms with E-state index in [9.17, 15) is 4.79 Å². The average Bonchev–Trinajstić information content (AvgIpc) is 2.53. The highest BCUT2D eigenvalue weighted by atomic mass is 16.5. The van der Waals surface area contributed by atoms with Gasteiger partial charge in [-0.2, -0.15) is 0 Å². The van der Waals surface area contributed by atoms with Gasteiger partial charge in [0, 0.05) is 20.3 Å². The fourth-order valence-corrected chi connectivity index (χ4v) is 2.64. The van der Waals surface area contributed by atoms with Crippen molar-refractivity contribution in [1.82, 2.24) is 5.32 Å². The van der Waals surface area contributed by atoms with Crippen molar-refractivity contribution in [3.05, 3.63) is 0 Å². The number of nitrogens with zero attached hydrogens (tertiary/aromatic N) is 1. The first-order valence-corrected chi connectivity index (χ1v) is 7.50. The predicted molar refractivity (Wildman–Crippen MR) is 79.2 cm³/mol. The molecule has 0 aromatic heterocycles. The van der Waals surface area contributed by atoms with E-state index >= 15 is 0 Å². The van der Waals surface area contributed by atoms with Crippen LogP contribution in [0.2, 0.25) is 0 Å². The first-order chi connectivity index (χ1) is 10.2. The molecular formula is C14H27N3O4. The molecule has 0 atom stereocenters. The Morgan fingerprint density at radius 3 is 2.62 bits per heavy atom. The van der Waals surface area contributed by atoms with Gasteiger partial charge in [0.15, 0.2) is 5.84 Å². The van der Waals surface area contributed by atoms with Gasteiger partial charge in [0.25, 0.3) is 0 Å². The molecule has 1 amide bonds. The molecule has 0 radical (unpaired) electrons. The molecule has 1 rings (SSSR count). The Kier molecular flexibility index (Phi) is 8.07. The number of amidine groups is 1. The summed E-state index contributed by atoms with van der Waals surface area (Å²) in [7, 11) is 1.63. The highest BCUT2D eigenvalue weighted by Crippen LogP contribution is 2.36. The lowest BCUT2D eigenvalue weighted by atomic mass is 9.72. The molecule has 0 unspecified atom stereocenters. The first-order valence-electron chi connectivity index (χ1n) is 7.50. The number of ether oxygens (including phenoxy) is 2. The smallest absolute Gasteiger partial charge is 0.233 e. The summed E-state index contributed by atoms with van der Waals surface area (Å²) < 4.78 is 10.2. The number of amides is 1. The molecule has 0 aromatic carbocycles. The number of nitrogens with one attached hydrogen (secondary N) is 1. The first kappa shape index (κ1) is 17.7. The Morgan fingerprint density at radius 1 is 1.29 bits per heavy atom. The maximum absolute atomic E-state index is 12.4. The van der Waals surface area contributed by atoms with E-state index in [1.54, 1.807) is 7.11 Å². The molecule has 122 valence electrons. The molecule has 7 nitrogen and oxygen atoms in total. The Bertz CT molecular complexity index is 341. The topological polar surface area (TPSA) is 106 Å². The van der Waals surface area contributed by atoms with Gasteiger partial charge in [-0.15, -0.1) is 0 Å². The fourth-order valence-electron chi connectivity index (χ4n) is 2.64. The summed E-state index contributed by atoms with van der Waals surface area (Å²) >= 11 is 0. The van der Waals surface area contributed by atoms with Crippen molar-refractivity contribution in [2.45, 2.75) is 38.5 Å². The van der Waals surface area contributed by atoms with E-state index in [1.807, 2.05) is 0 Å². The molecule has 0 saturated heterocycles. The minimum Gasteiger partial charge on any atom is -0.409 e. The highest BCUT2D eigenvalue weighted by molar-refractivity contribution is 6.06. The van der Waals surface area contributed by atoms with Crippen molar-refractivity contribution in [1.29, 1.82) is 0 Å². The van der Waals surface area contributed by atoms with Crippen LogP contribution in [0.1, 0.15) is 38.5 Å². The number of carbonyl (C=O) groups is 1. The molecule has 0 aromatic rings. The lowest BCUT2D eigenvalue weighted by Gasteiger charge is -2.34. The van der Waals surface area contributed by atoms with Gasteiger partial charge >= 0.3 is 0 Å². The quantitative estimate of drug-likeness (QED) is 0.192. The predicted octanol–water partition coefficient (Wildman–Crippen LogP) is 0.853. The molecule has 0 aliphatic heterocycles. The standard InChI is InChI=1S/C14H27N3O4/c1-20-10-11-21-9-5-8-16-13(18)14(12(15)17-19)6-3-2-4-7-14/h19H,2-11H2,1H3,(H2,15,17)(H,16,18). The van der Waals surface area contributed by atoms with Gasteiger partial charge < -0.3 is 25.7 Å². The summed E-state index contributed by atoms with van der Waals surface area (Å²) in [4.78, 5) is 12.4. The molecule has 1 saturated carbocycles. The largest absolute Gasteiger partial charge is 0.409 e. The van der Waals surface area contributed by atoms with Crippen molar-refractivity contribution >= 4 is 11.7 Å². The fraction of sp³-hybridized carbons (Fsp3) is 0.857. The van der Waals surface area contributed by atoms with Crippen molar-refractivity contribution in [3.63, 3.8) is 0 Å². The van der Waals surface area contributed by atoms with E-state index in [-0.39, 0.29) is 11.7 Å². The molecule has 1 aliphatic carbocycles. The summed E-state index contributed by atoms with van der Waals surface area (Å²) in [5, 5.41) is 14.9. The Hall–Kier alpha value is -1.34. The van der Waals surface area contributed by atoms with Crippen molar-refractivity contribution in [3.8, 4) is 0 Å². The van der Waals surface area contributed by atoms with Gasteiger partial charge in [-0.05, 0) is 19.3 Å². The number of methoxy groups -OCH3 is 1. The third-order valence-corrected chi connectivity index (χ3v) is 3.92. The van der Waals surface area contributed by atoms with Crippen LogP contribution >= 0.6 is 0 Å². The summed E-state index contributed by atoms with van der Waals surface area (Å²) in [5.41, 5.74) is 4.93. The number of rotatable bonds is 9. The summed E-state index contributed by atoms with van der Waals surface area (Å²) in [5.74, 6) is -0.120. The zero-order chi connectivity index (χ0) is 15.6. The van der Waals surface area contributed by atoms with Crippen LogP contribution in [0.3, 0.4) is 0 Å². The van der Waals surface area contributed by atoms with Crippen molar-refractivity contribution in [2.24, 2.45) is 16.3 Å². The van der Waals surface area contributed by atoms with Crippen molar-refractivity contribution < 1.29 is 19.5 Å². The summed E-state index contributed by atoms with van der Waals surface area (Å²) in [6.07, 6.45) is 4.93. The highest BCUT2D eigenvalue weighted by Gasteiger charge is 2.43. The van der Waals surface area contributed by atoms with Gasteiger partial charge in [0.05, 0.1) is 13.2 Å². The Morgan fingerprint density at radius 2 is 2.00 bits per heavy atom. The van der Waals surface area contributed by atoms with Gasteiger partial charge in [0.1, 0.15) is 5.41 Å². The second-order valence-corrected chi connectivity index (χ2v) is 5.34. The number of hydrogen-bond donors (Lipinski definition) is 3.